The average molecular weight is 1100 g/mol. The normalized spacial score (nSPS) is 18.7. The molecule has 1 saturated heterocycles. The number of hydrogen-bond acceptors (Lipinski definition) is 11. The van der Waals surface area contributed by atoms with Crippen molar-refractivity contribution in [2.24, 2.45) is 0 Å². The lowest BCUT2D eigenvalue weighted by atomic mass is 9.98. The molecule has 0 bridgehead atoms. The summed E-state index contributed by atoms with van der Waals surface area (Å²) in [6.45, 7) is 5.65. The van der Waals surface area contributed by atoms with E-state index in [1.54, 1.807) is 6.08 Å². The topological polar surface area (TPSA) is 175 Å². The van der Waals surface area contributed by atoms with Gasteiger partial charge in [0.1, 0.15) is 18.8 Å². The fourth-order valence-corrected chi connectivity index (χ4v) is 8.43. The van der Waals surface area contributed by atoms with Gasteiger partial charge in [-0.3, -0.25) is 14.4 Å². The molecule has 12 nitrogen and oxygen atoms in total. The van der Waals surface area contributed by atoms with Gasteiger partial charge in [-0.1, -0.05) is 219 Å². The molecule has 0 aliphatic carbocycles. The van der Waals surface area contributed by atoms with Crippen LogP contribution in [0.4, 0.5) is 0 Å². The molecule has 1 heterocycles. The van der Waals surface area contributed by atoms with Gasteiger partial charge in [0.25, 0.3) is 0 Å². The van der Waals surface area contributed by atoms with E-state index >= 15 is 0 Å². The molecule has 0 radical (unpaired) electrons. The summed E-state index contributed by atoms with van der Waals surface area (Å²) in [7, 11) is 0. The molecular formula is C67H106O12. The van der Waals surface area contributed by atoms with Gasteiger partial charge in [0.2, 0.25) is 0 Å². The van der Waals surface area contributed by atoms with Crippen LogP contribution in [0.5, 0.6) is 0 Å². The van der Waals surface area contributed by atoms with Crippen molar-refractivity contribution in [1.29, 1.82) is 0 Å². The zero-order valence-corrected chi connectivity index (χ0v) is 49.1. The van der Waals surface area contributed by atoms with Crippen LogP contribution in [-0.4, -0.2) is 89.2 Å². The third-order valence-electron chi connectivity index (χ3n) is 13.0. The van der Waals surface area contributed by atoms with E-state index in [1.807, 2.05) is 18.2 Å². The highest BCUT2D eigenvalue weighted by Crippen LogP contribution is 2.26. The minimum absolute atomic E-state index is 0.0368. The van der Waals surface area contributed by atoms with E-state index in [2.05, 4.69) is 118 Å². The van der Waals surface area contributed by atoms with E-state index < -0.39 is 67.3 Å². The molecule has 79 heavy (non-hydrogen) atoms. The lowest BCUT2D eigenvalue weighted by Crippen LogP contribution is -2.61. The van der Waals surface area contributed by atoms with Crippen molar-refractivity contribution < 1.29 is 58.2 Å². The molecule has 0 aromatic heterocycles. The van der Waals surface area contributed by atoms with Crippen LogP contribution in [0.15, 0.2) is 122 Å². The van der Waals surface area contributed by atoms with Gasteiger partial charge in [-0.2, -0.15) is 0 Å². The Hall–Kier alpha value is -4.88. The Labute approximate surface area is 478 Å². The van der Waals surface area contributed by atoms with Gasteiger partial charge in [0.05, 0.1) is 13.0 Å². The Balaban J connectivity index is 2.75. The fraction of sp³-hybridized carbons (Fsp3) is 0.642. The number of aliphatic hydroxyl groups is 2. The quantitative estimate of drug-likeness (QED) is 0.0228. The van der Waals surface area contributed by atoms with Crippen molar-refractivity contribution in [3.05, 3.63) is 122 Å². The first kappa shape index (κ1) is 72.1. The standard InChI is InChI=1S/C67H106O12/c1-4-7-10-13-16-19-22-25-28-30-33-35-38-41-44-47-50-53-59(68)75-56-58(77-60(69)54-51-48-45-42-39-36-32-27-24-21-18-15-12-9-6-3)57-76-67-65(63(72)62(71)64(79-67)66(73)74)78-61(70)55-52-49-46-43-40-37-34-31-29-26-23-20-17-14-11-8-5-2/h7,9-10,12,16,18-19,21,25-29,32-33,35,39,42,48,51,58,62-65,67,71-72H,4-6,8,11,13-15,17,20,22-24,30-31,34,36-38,40-41,43-47,49-50,52-57H2,1-3H3,(H,73,74)/b10-7-,12-9-,19-16-,21-18-,28-25-,29-26-,32-27-,35-33-,42-39-,51-48-. The maximum Gasteiger partial charge on any atom is 0.335 e. The summed E-state index contributed by atoms with van der Waals surface area (Å²) in [5.74, 6) is -3.34. The first-order valence-electron chi connectivity index (χ1n) is 30.5. The zero-order valence-electron chi connectivity index (χ0n) is 49.1. The molecule has 12 heteroatoms. The van der Waals surface area contributed by atoms with Crippen molar-refractivity contribution >= 4 is 23.9 Å². The zero-order chi connectivity index (χ0) is 57.5. The van der Waals surface area contributed by atoms with E-state index in [4.69, 9.17) is 23.7 Å². The maximum atomic E-state index is 13.1. The highest BCUT2D eigenvalue weighted by molar-refractivity contribution is 5.74. The highest BCUT2D eigenvalue weighted by atomic mass is 16.7. The van der Waals surface area contributed by atoms with Crippen LogP contribution in [0.3, 0.4) is 0 Å². The van der Waals surface area contributed by atoms with E-state index in [1.165, 1.54) is 38.5 Å². The molecule has 0 spiro atoms. The molecular weight excluding hydrogens is 997 g/mol. The molecule has 0 aromatic carbocycles. The van der Waals surface area contributed by atoms with Crippen LogP contribution in [0, 0.1) is 0 Å². The van der Waals surface area contributed by atoms with E-state index in [0.717, 1.165) is 128 Å². The lowest BCUT2D eigenvalue weighted by molar-refractivity contribution is -0.301. The maximum absolute atomic E-state index is 13.1. The summed E-state index contributed by atoms with van der Waals surface area (Å²) >= 11 is 0. The van der Waals surface area contributed by atoms with E-state index in [9.17, 15) is 34.5 Å². The van der Waals surface area contributed by atoms with Crippen molar-refractivity contribution in [2.75, 3.05) is 13.2 Å². The van der Waals surface area contributed by atoms with Gasteiger partial charge >= 0.3 is 23.9 Å². The predicted octanol–water partition coefficient (Wildman–Crippen LogP) is 16.0. The Morgan fingerprint density at radius 2 is 0.835 bits per heavy atom. The Morgan fingerprint density at radius 1 is 0.443 bits per heavy atom. The summed E-state index contributed by atoms with van der Waals surface area (Å²) in [6, 6.07) is 0. The number of allylic oxidation sites excluding steroid dienone is 19. The number of esters is 3. The summed E-state index contributed by atoms with van der Waals surface area (Å²) < 4.78 is 28.3. The minimum atomic E-state index is -1.93. The smallest absolute Gasteiger partial charge is 0.335 e. The predicted molar refractivity (Wildman–Crippen MR) is 321 cm³/mol. The number of aliphatic carboxylic acids is 1. The molecule has 0 amide bonds. The largest absolute Gasteiger partial charge is 0.479 e. The van der Waals surface area contributed by atoms with Crippen LogP contribution in [0.25, 0.3) is 0 Å². The summed E-state index contributed by atoms with van der Waals surface area (Å²) in [5.41, 5.74) is 0. The number of hydrogen-bond donors (Lipinski definition) is 3. The molecule has 1 aliphatic heterocycles. The van der Waals surface area contributed by atoms with Gasteiger partial charge in [0.15, 0.2) is 24.6 Å². The Bertz CT molecular complexity index is 1840. The lowest BCUT2D eigenvalue weighted by Gasteiger charge is -2.40. The molecule has 0 aromatic rings. The van der Waals surface area contributed by atoms with Gasteiger partial charge in [-0.05, 0) is 109 Å². The van der Waals surface area contributed by atoms with Crippen molar-refractivity contribution in [3.63, 3.8) is 0 Å². The number of aliphatic hydroxyl groups excluding tert-OH is 2. The number of carbonyl (C=O) groups is 4. The van der Waals surface area contributed by atoms with Crippen LogP contribution < -0.4 is 0 Å². The summed E-state index contributed by atoms with van der Waals surface area (Å²) in [6.07, 6.45) is 61.9. The molecule has 1 aliphatic rings. The monoisotopic (exact) mass is 1100 g/mol. The molecule has 6 unspecified atom stereocenters. The van der Waals surface area contributed by atoms with Crippen molar-refractivity contribution in [3.8, 4) is 0 Å². The Morgan fingerprint density at radius 3 is 1.29 bits per heavy atom. The van der Waals surface area contributed by atoms with Crippen LogP contribution in [0.2, 0.25) is 0 Å². The van der Waals surface area contributed by atoms with Crippen molar-refractivity contribution in [2.45, 2.75) is 263 Å². The molecule has 3 N–H and O–H groups in total. The van der Waals surface area contributed by atoms with E-state index in [0.29, 0.717) is 19.3 Å². The first-order valence-corrected chi connectivity index (χ1v) is 30.5. The number of carbonyl (C=O) groups excluding carboxylic acids is 3. The minimum Gasteiger partial charge on any atom is -0.479 e. The van der Waals surface area contributed by atoms with Gasteiger partial charge in [0, 0.05) is 12.8 Å². The number of ether oxygens (including phenoxy) is 5. The molecule has 6 atom stereocenters. The average Bonchev–Trinajstić information content (AvgIpc) is 3.46. The summed E-state index contributed by atoms with van der Waals surface area (Å²) in [5, 5.41) is 31.5. The van der Waals surface area contributed by atoms with E-state index in [-0.39, 0.29) is 25.9 Å². The van der Waals surface area contributed by atoms with Gasteiger partial charge < -0.3 is 39.0 Å². The van der Waals surface area contributed by atoms with Gasteiger partial charge in [-0.15, -0.1) is 0 Å². The first-order chi connectivity index (χ1) is 38.6. The molecule has 446 valence electrons. The van der Waals surface area contributed by atoms with Gasteiger partial charge in [-0.25, -0.2) is 4.79 Å². The third kappa shape index (κ3) is 43.6. The van der Waals surface area contributed by atoms with Crippen LogP contribution >= 0.6 is 0 Å². The highest BCUT2D eigenvalue weighted by Gasteiger charge is 2.50. The Kier molecular flexibility index (Phi) is 49.1. The number of carboxylic acids is 1. The second-order valence-corrected chi connectivity index (χ2v) is 20.2. The summed E-state index contributed by atoms with van der Waals surface area (Å²) in [4.78, 5) is 51.1. The SMILES string of the molecule is CC/C=C\C/C=C\C/C=C\C/C=C\C/C=C\CC(=O)OC(COC(=O)CCCCCC/C=C\C/C=C\C/C=C\C/C=C\CC)COC1OC(C(=O)O)C(O)C(O)C1OC(=O)CCCCCCCCC/C=C\CCCCCCCC. The second kappa shape index (κ2) is 53.7. The number of rotatable bonds is 50. The fourth-order valence-electron chi connectivity index (χ4n) is 8.43. The van der Waals surface area contributed by atoms with Crippen molar-refractivity contribution in [1.82, 2.24) is 0 Å². The molecule has 1 rings (SSSR count). The van der Waals surface area contributed by atoms with Crippen LogP contribution in [0.1, 0.15) is 226 Å². The number of unbranched alkanes of at least 4 members (excludes halogenated alkanes) is 17. The molecule has 0 saturated carbocycles. The second-order valence-electron chi connectivity index (χ2n) is 20.2. The van der Waals surface area contributed by atoms with Crippen LogP contribution in [-0.2, 0) is 42.9 Å². The molecule has 1 fully saturated rings. The third-order valence-corrected chi connectivity index (χ3v) is 13.0. The number of carboxylic acid groups (broad SMARTS) is 1.